The summed E-state index contributed by atoms with van der Waals surface area (Å²) < 4.78 is 54.9. The zero-order chi connectivity index (χ0) is 34.3. The predicted octanol–water partition coefficient (Wildman–Crippen LogP) is 4.73. The van der Waals surface area contributed by atoms with Crippen LogP contribution in [0, 0.1) is 11.7 Å². The highest BCUT2D eigenvalue weighted by molar-refractivity contribution is 7.89. The molecule has 2 fully saturated rings. The molecule has 2 saturated heterocycles. The highest BCUT2D eigenvalue weighted by Crippen LogP contribution is 2.36. The van der Waals surface area contributed by atoms with Crippen molar-refractivity contribution < 1.29 is 31.9 Å². The van der Waals surface area contributed by atoms with Crippen molar-refractivity contribution in [3.8, 4) is 0 Å². The van der Waals surface area contributed by atoms with E-state index in [-0.39, 0.29) is 40.9 Å². The smallest absolute Gasteiger partial charge is 0.407 e. The van der Waals surface area contributed by atoms with Gasteiger partial charge in [0.2, 0.25) is 15.9 Å². The monoisotopic (exact) mass is 701 g/mol. The first kappa shape index (κ1) is 35.7. The topological polar surface area (TPSA) is 139 Å². The number of pyridine rings is 1. The van der Waals surface area contributed by atoms with Gasteiger partial charge in [0.1, 0.15) is 11.9 Å². The fourth-order valence-corrected chi connectivity index (χ4v) is 8.71. The SMILES string of the molecule is COC(=O)N[C@H](C(=O)Nc1cncc(F)c1CC[C@H]1CNC[C@H](C)N1S(=O)(=O)c1ccccc1)C(c1ccc(Cl)cc1)C1CCOCC1. The van der Waals surface area contributed by atoms with Crippen LogP contribution in [0.1, 0.15) is 43.2 Å². The fourth-order valence-electron chi connectivity index (χ4n) is 6.72. The number of nitrogens with zero attached hydrogens (tertiary/aromatic N) is 2. The van der Waals surface area contributed by atoms with Gasteiger partial charge in [0.15, 0.2) is 0 Å². The molecule has 4 atom stereocenters. The second kappa shape index (κ2) is 16.2. The number of benzene rings is 2. The zero-order valence-electron chi connectivity index (χ0n) is 26.9. The molecule has 48 heavy (non-hydrogen) atoms. The standard InChI is InChI=1S/C34H41ClFN5O6S/c1-22-18-37-19-26(41(22)48(44,45)27-6-4-3-5-7-27)12-13-28-29(36)20-38-21-30(28)39-33(42)32(40-34(43)46-2)31(24-14-16-47-17-15-24)23-8-10-25(35)11-9-23/h3-11,20-22,24,26,31-32,37H,12-19H2,1-2H3,(H,39,42)(H,40,43)/t22-,26-,31?,32-/m0/s1. The lowest BCUT2D eigenvalue weighted by Gasteiger charge is -2.40. The first-order chi connectivity index (χ1) is 23.1. The van der Waals surface area contributed by atoms with Crippen molar-refractivity contribution in [3.05, 3.63) is 89.0 Å². The van der Waals surface area contributed by atoms with E-state index in [9.17, 15) is 18.0 Å². The molecule has 1 aromatic heterocycles. The third-order valence-corrected chi connectivity index (χ3v) is 11.4. The van der Waals surface area contributed by atoms with Gasteiger partial charge in [-0.05, 0) is 68.4 Å². The maximum absolute atomic E-state index is 15.5. The van der Waals surface area contributed by atoms with Crippen LogP contribution in [0.2, 0.25) is 5.02 Å². The predicted molar refractivity (Wildman–Crippen MR) is 180 cm³/mol. The van der Waals surface area contributed by atoms with Crippen LogP contribution in [0.25, 0.3) is 0 Å². The minimum absolute atomic E-state index is 0.0312. The average Bonchev–Trinajstić information content (AvgIpc) is 3.09. The van der Waals surface area contributed by atoms with Gasteiger partial charge >= 0.3 is 6.09 Å². The van der Waals surface area contributed by atoms with E-state index in [1.54, 1.807) is 42.5 Å². The number of carbonyl (C=O) groups excluding carboxylic acids is 2. The van der Waals surface area contributed by atoms with Crippen molar-refractivity contribution in [2.24, 2.45) is 5.92 Å². The Balaban J connectivity index is 1.42. The minimum atomic E-state index is -3.83. The number of ether oxygens (including phenoxy) is 2. The number of halogens is 2. The first-order valence-corrected chi connectivity index (χ1v) is 17.8. The quantitative estimate of drug-likeness (QED) is 0.261. The molecule has 2 aliphatic heterocycles. The van der Waals surface area contributed by atoms with E-state index >= 15 is 4.39 Å². The number of hydrogen-bond acceptors (Lipinski definition) is 8. The molecule has 3 N–H and O–H groups in total. The molecule has 0 radical (unpaired) electrons. The number of amides is 2. The highest BCUT2D eigenvalue weighted by Gasteiger charge is 2.40. The number of rotatable bonds is 11. The molecule has 0 aliphatic carbocycles. The number of anilines is 1. The fraction of sp³-hybridized carbons (Fsp3) is 0.441. The third-order valence-electron chi connectivity index (χ3n) is 9.05. The van der Waals surface area contributed by atoms with Gasteiger partial charge in [-0.1, -0.05) is 41.9 Å². The molecule has 0 saturated carbocycles. The number of hydrogen-bond donors (Lipinski definition) is 3. The molecule has 11 nitrogen and oxygen atoms in total. The Morgan fingerprint density at radius 3 is 2.50 bits per heavy atom. The summed E-state index contributed by atoms with van der Waals surface area (Å²) in [6.07, 6.45) is 3.32. The lowest BCUT2D eigenvalue weighted by molar-refractivity contribution is -0.119. The summed E-state index contributed by atoms with van der Waals surface area (Å²) in [6.45, 7) is 3.70. The summed E-state index contributed by atoms with van der Waals surface area (Å²) >= 11 is 6.18. The second-order valence-corrected chi connectivity index (χ2v) is 14.4. The van der Waals surface area contributed by atoms with Crippen LogP contribution in [0.4, 0.5) is 14.9 Å². The van der Waals surface area contributed by atoms with E-state index in [4.69, 9.17) is 21.1 Å². The molecule has 2 amide bonds. The van der Waals surface area contributed by atoms with Crippen molar-refractivity contribution in [3.63, 3.8) is 0 Å². The Kier molecular flexibility index (Phi) is 12.0. The lowest BCUT2D eigenvalue weighted by atomic mass is 9.76. The number of aromatic nitrogens is 1. The number of alkyl carbamates (subject to hydrolysis) is 1. The van der Waals surface area contributed by atoms with Crippen molar-refractivity contribution in [2.75, 3.05) is 38.7 Å². The average molecular weight is 702 g/mol. The molecular formula is C34H41ClFN5O6S. The summed E-state index contributed by atoms with van der Waals surface area (Å²) in [6, 6.07) is 13.4. The third kappa shape index (κ3) is 8.32. The van der Waals surface area contributed by atoms with Gasteiger partial charge in [-0.25, -0.2) is 17.6 Å². The minimum Gasteiger partial charge on any atom is -0.453 e. The maximum Gasteiger partial charge on any atom is 0.407 e. The molecule has 1 unspecified atom stereocenters. The number of nitrogens with one attached hydrogen (secondary N) is 3. The van der Waals surface area contributed by atoms with E-state index in [1.807, 2.05) is 19.1 Å². The van der Waals surface area contributed by atoms with E-state index in [2.05, 4.69) is 20.9 Å². The Hall–Kier alpha value is -3.62. The number of piperazine rings is 1. The summed E-state index contributed by atoms with van der Waals surface area (Å²) in [5, 5.41) is 9.36. The largest absolute Gasteiger partial charge is 0.453 e. The lowest BCUT2D eigenvalue weighted by Crippen LogP contribution is -2.58. The van der Waals surface area contributed by atoms with Crippen LogP contribution in [0.3, 0.4) is 0 Å². The van der Waals surface area contributed by atoms with Gasteiger partial charge in [0, 0.05) is 54.9 Å². The second-order valence-electron chi connectivity index (χ2n) is 12.1. The Bertz CT molecular complexity index is 1660. The number of methoxy groups -OCH3 is 1. The zero-order valence-corrected chi connectivity index (χ0v) is 28.5. The summed E-state index contributed by atoms with van der Waals surface area (Å²) in [7, 11) is -2.62. The van der Waals surface area contributed by atoms with Crippen LogP contribution >= 0.6 is 11.6 Å². The van der Waals surface area contributed by atoms with Gasteiger partial charge in [0.25, 0.3) is 0 Å². The molecule has 3 aromatic rings. The Labute approximate surface area is 285 Å². The van der Waals surface area contributed by atoms with E-state index in [0.29, 0.717) is 44.2 Å². The molecule has 0 bridgehead atoms. The van der Waals surface area contributed by atoms with Crippen LogP contribution in [-0.4, -0.2) is 81.2 Å². The van der Waals surface area contributed by atoms with Crippen molar-refractivity contribution >= 4 is 39.3 Å². The maximum atomic E-state index is 15.5. The molecular weight excluding hydrogens is 661 g/mol. The van der Waals surface area contributed by atoms with Crippen molar-refractivity contribution in [1.82, 2.24) is 19.9 Å². The van der Waals surface area contributed by atoms with Crippen LogP contribution in [-0.2, 0) is 30.7 Å². The van der Waals surface area contributed by atoms with Gasteiger partial charge in [0.05, 0.1) is 30.1 Å². The molecule has 14 heteroatoms. The van der Waals surface area contributed by atoms with Crippen LogP contribution in [0.5, 0.6) is 0 Å². The van der Waals surface area contributed by atoms with Gasteiger partial charge in [-0.15, -0.1) is 0 Å². The summed E-state index contributed by atoms with van der Waals surface area (Å²) in [4.78, 5) is 30.9. The molecule has 2 aromatic carbocycles. The molecule has 0 spiro atoms. The van der Waals surface area contributed by atoms with E-state index < -0.39 is 45.8 Å². The molecule has 3 heterocycles. The van der Waals surface area contributed by atoms with Crippen molar-refractivity contribution in [2.45, 2.75) is 61.5 Å². The Morgan fingerprint density at radius 1 is 1.10 bits per heavy atom. The van der Waals surface area contributed by atoms with Gasteiger partial charge in [-0.2, -0.15) is 4.31 Å². The summed E-state index contributed by atoms with van der Waals surface area (Å²) in [5.74, 6) is -1.74. The van der Waals surface area contributed by atoms with Gasteiger partial charge < -0.3 is 25.4 Å². The first-order valence-electron chi connectivity index (χ1n) is 16.0. The number of sulfonamides is 1. The Morgan fingerprint density at radius 2 is 1.81 bits per heavy atom. The summed E-state index contributed by atoms with van der Waals surface area (Å²) in [5.41, 5.74) is 1.10. The van der Waals surface area contributed by atoms with Crippen LogP contribution < -0.4 is 16.0 Å². The van der Waals surface area contributed by atoms with Gasteiger partial charge in [-0.3, -0.25) is 9.78 Å². The molecule has 2 aliphatic rings. The highest BCUT2D eigenvalue weighted by atomic mass is 35.5. The van der Waals surface area contributed by atoms with Crippen molar-refractivity contribution in [1.29, 1.82) is 0 Å². The normalized spacial score (nSPS) is 20.4. The van der Waals surface area contributed by atoms with E-state index in [0.717, 1.165) is 11.8 Å². The molecule has 258 valence electrons. The number of carbonyl (C=O) groups is 2. The van der Waals surface area contributed by atoms with Crippen LogP contribution in [0.15, 0.2) is 71.9 Å². The van der Waals surface area contributed by atoms with E-state index in [1.165, 1.54) is 17.6 Å². The molecule has 5 rings (SSSR count).